The van der Waals surface area contributed by atoms with Gasteiger partial charge in [0, 0.05) is 47.0 Å². The molecule has 312 valence electrons. The average molecular weight is 791 g/mol. The Kier molecular flexibility index (Phi) is 15.6. The summed E-state index contributed by atoms with van der Waals surface area (Å²) in [6.07, 6.45) is 35.8. The molecule has 4 aromatic rings. The van der Waals surface area contributed by atoms with E-state index in [9.17, 15) is 9.90 Å². The summed E-state index contributed by atoms with van der Waals surface area (Å²) in [4.78, 5) is 13.1. The summed E-state index contributed by atoms with van der Waals surface area (Å²) >= 11 is 0. The van der Waals surface area contributed by atoms with Crippen LogP contribution in [0.3, 0.4) is 0 Å². The van der Waals surface area contributed by atoms with E-state index in [1.807, 2.05) is 0 Å². The maximum Gasteiger partial charge on any atom is 0.210 e. The predicted octanol–water partition coefficient (Wildman–Crippen LogP) is 13.7. The van der Waals surface area contributed by atoms with Crippen LogP contribution >= 0.6 is 0 Å². The highest BCUT2D eigenvalue weighted by Gasteiger charge is 2.44. The van der Waals surface area contributed by atoms with Crippen molar-refractivity contribution in [3.05, 3.63) is 132 Å². The van der Waals surface area contributed by atoms with Gasteiger partial charge in [0.25, 0.3) is 0 Å². The summed E-state index contributed by atoms with van der Waals surface area (Å²) in [7, 11) is 2.19. The van der Waals surface area contributed by atoms with E-state index in [1.54, 1.807) is 0 Å². The average Bonchev–Trinajstić information content (AvgIpc) is 3.57. The van der Waals surface area contributed by atoms with E-state index < -0.39 is 5.97 Å². The molecule has 0 bridgehead atoms. The molecule has 0 amide bonds. The van der Waals surface area contributed by atoms with Crippen LogP contribution in [0.5, 0.6) is 0 Å². The molecule has 2 aliphatic heterocycles. The van der Waals surface area contributed by atoms with Gasteiger partial charge in [0.15, 0.2) is 5.71 Å². The van der Waals surface area contributed by atoms with Crippen LogP contribution in [0.2, 0.25) is 0 Å². The van der Waals surface area contributed by atoms with Crippen molar-refractivity contribution in [2.45, 2.75) is 148 Å². The highest BCUT2D eigenvalue weighted by atomic mass is 16.4. The number of aliphatic carboxylic acids is 1. The Morgan fingerprint density at radius 2 is 1.07 bits per heavy atom. The van der Waals surface area contributed by atoms with Gasteiger partial charge < -0.3 is 14.8 Å². The molecule has 0 aromatic heterocycles. The quantitative estimate of drug-likeness (QED) is 0.0427. The molecule has 0 fully saturated rings. The molecule has 0 saturated carbocycles. The fourth-order valence-electron chi connectivity index (χ4n) is 9.97. The van der Waals surface area contributed by atoms with Crippen molar-refractivity contribution in [1.29, 1.82) is 0 Å². The van der Waals surface area contributed by atoms with Gasteiger partial charge in [-0.3, -0.25) is 0 Å². The lowest BCUT2D eigenvalue weighted by Gasteiger charge is -2.27. The molecular formula is C55H70N2O2. The number of rotatable bonds is 23. The molecule has 0 spiro atoms. The minimum Gasteiger partial charge on any atom is -0.550 e. The zero-order chi connectivity index (χ0) is 41.7. The molecule has 4 aromatic carbocycles. The zero-order valence-electron chi connectivity index (χ0n) is 36.9. The minimum absolute atomic E-state index is 0.0826. The van der Waals surface area contributed by atoms with Crippen LogP contribution < -0.4 is 10.0 Å². The number of benzene rings is 4. The second-order valence-corrected chi connectivity index (χ2v) is 18.2. The summed E-state index contributed by atoms with van der Waals surface area (Å²) in [5.41, 5.74) is 8.04. The third-order valence-electron chi connectivity index (χ3n) is 13.1. The number of carboxylic acid groups (broad SMARTS) is 1. The van der Waals surface area contributed by atoms with E-state index in [0.717, 1.165) is 25.8 Å². The molecule has 0 N–H and O–H groups in total. The van der Waals surface area contributed by atoms with Crippen molar-refractivity contribution in [2.75, 3.05) is 18.5 Å². The highest BCUT2D eigenvalue weighted by molar-refractivity contribution is 6.07. The van der Waals surface area contributed by atoms with E-state index in [-0.39, 0.29) is 17.3 Å². The van der Waals surface area contributed by atoms with E-state index in [1.165, 1.54) is 139 Å². The number of anilines is 1. The maximum absolute atomic E-state index is 10.5. The Labute approximate surface area is 356 Å². The van der Waals surface area contributed by atoms with Crippen molar-refractivity contribution < 1.29 is 14.5 Å². The van der Waals surface area contributed by atoms with Gasteiger partial charge in [0.05, 0.1) is 5.41 Å². The van der Waals surface area contributed by atoms with Crippen LogP contribution in [0.15, 0.2) is 121 Å². The van der Waals surface area contributed by atoms with Gasteiger partial charge in [-0.05, 0) is 78.4 Å². The third-order valence-corrected chi connectivity index (χ3v) is 13.1. The normalized spacial score (nSPS) is 16.6. The number of unbranched alkanes of at least 4 members (excludes halogenated alkanes) is 15. The summed E-state index contributed by atoms with van der Waals surface area (Å²) in [5, 5.41) is 15.8. The first-order chi connectivity index (χ1) is 28.6. The van der Waals surface area contributed by atoms with Gasteiger partial charge in [-0.25, -0.2) is 0 Å². The van der Waals surface area contributed by atoms with E-state index in [0.29, 0.717) is 0 Å². The molecular weight excluding hydrogens is 721 g/mol. The van der Waals surface area contributed by atoms with Gasteiger partial charge in [-0.1, -0.05) is 189 Å². The lowest BCUT2D eigenvalue weighted by molar-refractivity contribution is -0.401. The van der Waals surface area contributed by atoms with Gasteiger partial charge in [-0.2, -0.15) is 4.58 Å². The van der Waals surface area contributed by atoms with Crippen LogP contribution in [0, 0.1) is 0 Å². The minimum atomic E-state index is -0.912. The monoisotopic (exact) mass is 791 g/mol. The smallest absolute Gasteiger partial charge is 0.210 e. The molecule has 4 heteroatoms. The first-order valence-electron chi connectivity index (χ1n) is 23.0. The molecule has 6 rings (SSSR count). The number of carbonyl (C=O) groups is 1. The summed E-state index contributed by atoms with van der Waals surface area (Å²) in [6.45, 7) is 10.5. The number of hydrogen-bond acceptors (Lipinski definition) is 3. The molecule has 2 aliphatic rings. The van der Waals surface area contributed by atoms with Crippen LogP contribution in [0.1, 0.15) is 148 Å². The molecule has 0 radical (unpaired) electrons. The fourth-order valence-corrected chi connectivity index (χ4v) is 9.97. The molecule has 4 nitrogen and oxygen atoms in total. The fraction of sp³-hybridized carbons (Fsp3) is 0.455. The zero-order valence-corrected chi connectivity index (χ0v) is 36.9. The lowest BCUT2D eigenvalue weighted by atomic mass is 9.79. The van der Waals surface area contributed by atoms with Gasteiger partial charge >= 0.3 is 0 Å². The predicted molar refractivity (Wildman–Crippen MR) is 251 cm³/mol. The molecule has 0 unspecified atom stereocenters. The number of carboxylic acids is 1. The van der Waals surface area contributed by atoms with Crippen molar-refractivity contribution in [3.63, 3.8) is 0 Å². The Morgan fingerprint density at radius 3 is 1.66 bits per heavy atom. The topological polar surface area (TPSA) is 46.4 Å². The van der Waals surface area contributed by atoms with Crippen molar-refractivity contribution in [1.82, 2.24) is 0 Å². The van der Waals surface area contributed by atoms with Gasteiger partial charge in [-0.15, -0.1) is 0 Å². The Balaban J connectivity index is 0.982. The van der Waals surface area contributed by atoms with Crippen LogP contribution in [0.25, 0.3) is 21.5 Å². The number of carbonyl (C=O) groups excluding carboxylic acids is 1. The number of fused-ring (bicyclic) bond motifs is 6. The van der Waals surface area contributed by atoms with Crippen molar-refractivity contribution >= 4 is 44.6 Å². The highest BCUT2D eigenvalue weighted by Crippen LogP contribution is 2.51. The number of allylic oxidation sites excluding steroid dienone is 8. The largest absolute Gasteiger partial charge is 0.550 e. The third kappa shape index (κ3) is 10.7. The molecule has 0 atom stereocenters. The van der Waals surface area contributed by atoms with Crippen LogP contribution in [-0.4, -0.2) is 29.8 Å². The Morgan fingerprint density at radius 1 is 0.576 bits per heavy atom. The number of hydrogen-bond donors (Lipinski definition) is 0. The van der Waals surface area contributed by atoms with E-state index in [2.05, 4.69) is 160 Å². The SMILES string of the molecule is C[N+]1=C(/C=C/C=C/C=C/C=C2/N(CCCCCCCCCCCCCCCCCCC(=O)[O-])c3ccc4ccccc4c3C2(C)C)C(C)(C)c2c1ccc1ccccc21. The second-order valence-electron chi connectivity index (χ2n) is 18.2. The van der Waals surface area contributed by atoms with Gasteiger partial charge in [0.2, 0.25) is 5.69 Å². The molecule has 2 heterocycles. The Bertz CT molecular complexity index is 2200. The van der Waals surface area contributed by atoms with Crippen LogP contribution in [0.4, 0.5) is 11.4 Å². The standard InChI is InChI=1S/C55H70N2O2/c1-54(2)49(56(5)47-40-38-43-31-26-28-33-45(43)52(47)54)35-23-19-18-20-24-36-50-55(3,4)53-46-34-29-27-32-44(46)39-41-48(53)57(50)42-30-22-17-15-13-11-9-7-6-8-10-12-14-16-21-25-37-51(58)59/h18-20,23-24,26-29,31-36,38-41H,6-17,21-22,25,30,37,42H2,1-5H3. The van der Waals surface area contributed by atoms with Crippen molar-refractivity contribution in [3.8, 4) is 0 Å². The van der Waals surface area contributed by atoms with Crippen LogP contribution in [-0.2, 0) is 15.6 Å². The molecule has 59 heavy (non-hydrogen) atoms. The Hall–Kier alpha value is -4.70. The lowest BCUT2D eigenvalue weighted by Crippen LogP contribution is -2.27. The number of nitrogens with zero attached hydrogens (tertiary/aromatic N) is 2. The summed E-state index contributed by atoms with van der Waals surface area (Å²) in [5.74, 6) is -0.912. The first-order valence-corrected chi connectivity index (χ1v) is 23.0. The second kappa shape index (κ2) is 21.0. The molecule has 0 aliphatic carbocycles. The van der Waals surface area contributed by atoms with Gasteiger partial charge in [0.1, 0.15) is 7.05 Å². The summed E-state index contributed by atoms with van der Waals surface area (Å²) < 4.78 is 2.36. The van der Waals surface area contributed by atoms with E-state index in [4.69, 9.17) is 0 Å². The van der Waals surface area contributed by atoms with Crippen molar-refractivity contribution in [2.24, 2.45) is 0 Å². The maximum atomic E-state index is 10.5. The van der Waals surface area contributed by atoms with E-state index >= 15 is 0 Å². The molecule has 0 saturated heterocycles. The first kappa shape index (κ1) is 43.9. The summed E-state index contributed by atoms with van der Waals surface area (Å²) in [6, 6.07) is 26.8.